The van der Waals surface area contributed by atoms with Gasteiger partial charge in [-0.3, -0.25) is 9.78 Å². The van der Waals surface area contributed by atoms with Crippen molar-refractivity contribution < 1.29 is 14.3 Å². The number of pyridine rings is 1. The van der Waals surface area contributed by atoms with E-state index in [0.29, 0.717) is 29.1 Å². The molecule has 0 fully saturated rings. The number of carbonyl (C=O) groups is 1. The van der Waals surface area contributed by atoms with E-state index in [2.05, 4.69) is 29.4 Å². The van der Waals surface area contributed by atoms with Gasteiger partial charge in [-0.2, -0.15) is 0 Å². The summed E-state index contributed by atoms with van der Waals surface area (Å²) in [6, 6.07) is 19.1. The van der Waals surface area contributed by atoms with Gasteiger partial charge in [0, 0.05) is 23.9 Å². The fourth-order valence-corrected chi connectivity index (χ4v) is 3.54. The molecule has 1 amide bonds. The largest absolute Gasteiger partial charge is 0.457 e. The van der Waals surface area contributed by atoms with Gasteiger partial charge in [-0.25, -0.2) is 0 Å². The number of aryl methyl sites for hydroxylation is 2. The Hall–Kier alpha value is -3.18. The lowest BCUT2D eigenvalue weighted by Crippen LogP contribution is -2.18. The van der Waals surface area contributed by atoms with Crippen LogP contribution in [0.5, 0.6) is 11.5 Å². The number of benzene rings is 2. The summed E-state index contributed by atoms with van der Waals surface area (Å²) in [5.74, 6) is 1.23. The molecule has 1 unspecified atom stereocenters. The SMILES string of the molecule is CCc1ccc(Oc2cccc(NC(=O)c3ccc(CC(C)OC(C)C)nc3C)c2)cc1. The molecule has 5 heteroatoms. The van der Waals surface area contributed by atoms with Gasteiger partial charge in [0.1, 0.15) is 11.5 Å². The van der Waals surface area contributed by atoms with E-state index in [9.17, 15) is 4.79 Å². The Morgan fingerprint density at radius 3 is 2.41 bits per heavy atom. The summed E-state index contributed by atoms with van der Waals surface area (Å²) in [5.41, 5.74) is 4.08. The van der Waals surface area contributed by atoms with Gasteiger partial charge in [0.25, 0.3) is 5.91 Å². The average Bonchev–Trinajstić information content (AvgIpc) is 2.74. The van der Waals surface area contributed by atoms with Crippen molar-refractivity contribution in [1.29, 1.82) is 0 Å². The molecular weight excluding hydrogens is 400 g/mol. The second-order valence-electron chi connectivity index (χ2n) is 8.22. The molecule has 3 rings (SSSR count). The minimum atomic E-state index is -0.197. The highest BCUT2D eigenvalue weighted by atomic mass is 16.5. The number of amides is 1. The first kappa shape index (κ1) is 23.5. The maximum atomic E-state index is 12.8. The van der Waals surface area contributed by atoms with Crippen LogP contribution in [0.15, 0.2) is 60.7 Å². The van der Waals surface area contributed by atoms with Crippen molar-refractivity contribution in [2.24, 2.45) is 0 Å². The zero-order chi connectivity index (χ0) is 23.1. The molecule has 0 spiro atoms. The molecule has 1 heterocycles. The molecule has 0 aliphatic heterocycles. The summed E-state index contributed by atoms with van der Waals surface area (Å²) in [6.45, 7) is 10.0. The van der Waals surface area contributed by atoms with Gasteiger partial charge in [-0.15, -0.1) is 0 Å². The van der Waals surface area contributed by atoms with Crippen molar-refractivity contribution in [3.05, 3.63) is 83.2 Å². The normalized spacial score (nSPS) is 11.9. The molecule has 168 valence electrons. The van der Waals surface area contributed by atoms with E-state index >= 15 is 0 Å². The number of rotatable bonds is 9. The number of carbonyl (C=O) groups excluding carboxylic acids is 1. The zero-order valence-electron chi connectivity index (χ0n) is 19.5. The molecule has 1 N–H and O–H groups in total. The first-order valence-electron chi connectivity index (χ1n) is 11.1. The predicted molar refractivity (Wildman–Crippen MR) is 129 cm³/mol. The fourth-order valence-electron chi connectivity index (χ4n) is 3.54. The number of nitrogens with one attached hydrogen (secondary N) is 1. The van der Waals surface area contributed by atoms with Gasteiger partial charge in [-0.1, -0.05) is 25.1 Å². The number of hydrogen-bond acceptors (Lipinski definition) is 4. The standard InChI is InChI=1S/C27H32N2O3/c1-6-21-10-13-24(14-11-21)32-25-9-7-8-22(17-25)29-27(30)26-15-12-23(28-20(26)5)16-19(4)31-18(2)3/h7-15,17-19H,6,16H2,1-5H3,(H,29,30). The molecule has 2 aromatic carbocycles. The number of ether oxygens (including phenoxy) is 2. The lowest BCUT2D eigenvalue weighted by molar-refractivity contribution is 0.0190. The Morgan fingerprint density at radius 1 is 1.00 bits per heavy atom. The molecule has 5 nitrogen and oxygen atoms in total. The second kappa shape index (κ2) is 10.9. The van der Waals surface area contributed by atoms with Gasteiger partial charge >= 0.3 is 0 Å². The van der Waals surface area contributed by atoms with Crippen LogP contribution in [0.4, 0.5) is 5.69 Å². The molecule has 0 bridgehead atoms. The van der Waals surface area contributed by atoms with Crippen molar-refractivity contribution >= 4 is 11.6 Å². The molecular formula is C27H32N2O3. The van der Waals surface area contributed by atoms with Crippen LogP contribution in [0.1, 0.15) is 55.0 Å². The summed E-state index contributed by atoms with van der Waals surface area (Å²) in [5, 5.41) is 2.95. The van der Waals surface area contributed by atoms with Gasteiger partial charge in [0.15, 0.2) is 0 Å². The first-order chi connectivity index (χ1) is 15.3. The molecule has 0 saturated carbocycles. The third-order valence-electron chi connectivity index (χ3n) is 5.05. The molecule has 0 saturated heterocycles. The maximum absolute atomic E-state index is 12.8. The molecule has 0 aliphatic rings. The maximum Gasteiger partial charge on any atom is 0.257 e. The van der Waals surface area contributed by atoms with Gasteiger partial charge in [0.2, 0.25) is 0 Å². The van der Waals surface area contributed by atoms with Crippen LogP contribution in [0.2, 0.25) is 0 Å². The van der Waals surface area contributed by atoms with Crippen LogP contribution in [-0.4, -0.2) is 23.1 Å². The van der Waals surface area contributed by atoms with Crippen LogP contribution in [0, 0.1) is 6.92 Å². The van der Waals surface area contributed by atoms with E-state index in [1.165, 1.54) is 5.56 Å². The minimum absolute atomic E-state index is 0.0718. The van der Waals surface area contributed by atoms with E-state index in [0.717, 1.165) is 17.9 Å². The minimum Gasteiger partial charge on any atom is -0.457 e. The van der Waals surface area contributed by atoms with E-state index < -0.39 is 0 Å². The summed E-state index contributed by atoms with van der Waals surface area (Å²) in [7, 11) is 0. The number of nitrogens with zero attached hydrogens (tertiary/aromatic N) is 1. The highest BCUT2D eigenvalue weighted by Crippen LogP contribution is 2.25. The summed E-state index contributed by atoms with van der Waals surface area (Å²) in [6.07, 6.45) is 1.94. The highest BCUT2D eigenvalue weighted by Gasteiger charge is 2.14. The Balaban J connectivity index is 1.65. The lowest BCUT2D eigenvalue weighted by Gasteiger charge is -2.16. The van der Waals surface area contributed by atoms with E-state index in [1.807, 2.05) is 76.2 Å². The molecule has 1 atom stereocenters. The topological polar surface area (TPSA) is 60.5 Å². The van der Waals surface area contributed by atoms with Gasteiger partial charge in [0.05, 0.1) is 23.5 Å². The Bertz CT molecular complexity index is 1050. The summed E-state index contributed by atoms with van der Waals surface area (Å²) >= 11 is 0. The quantitative estimate of drug-likeness (QED) is 0.428. The fraction of sp³-hybridized carbons (Fsp3) is 0.333. The Kier molecular flexibility index (Phi) is 8.01. The third kappa shape index (κ3) is 6.66. The summed E-state index contributed by atoms with van der Waals surface area (Å²) in [4.78, 5) is 17.4. The van der Waals surface area contributed by atoms with E-state index in [-0.39, 0.29) is 18.1 Å². The summed E-state index contributed by atoms with van der Waals surface area (Å²) < 4.78 is 11.7. The van der Waals surface area contributed by atoms with Crippen molar-refractivity contribution in [3.8, 4) is 11.5 Å². The Morgan fingerprint density at radius 2 is 1.75 bits per heavy atom. The predicted octanol–water partition coefficient (Wildman–Crippen LogP) is 6.35. The molecule has 1 aromatic heterocycles. The molecule has 32 heavy (non-hydrogen) atoms. The van der Waals surface area contributed by atoms with Crippen molar-refractivity contribution in [2.45, 2.75) is 59.7 Å². The number of hydrogen-bond donors (Lipinski definition) is 1. The van der Waals surface area contributed by atoms with Crippen LogP contribution in [-0.2, 0) is 17.6 Å². The van der Waals surface area contributed by atoms with Crippen LogP contribution < -0.4 is 10.1 Å². The van der Waals surface area contributed by atoms with Crippen molar-refractivity contribution in [3.63, 3.8) is 0 Å². The molecule has 0 radical (unpaired) electrons. The molecule has 3 aromatic rings. The zero-order valence-corrected chi connectivity index (χ0v) is 19.5. The first-order valence-corrected chi connectivity index (χ1v) is 11.1. The monoisotopic (exact) mass is 432 g/mol. The highest BCUT2D eigenvalue weighted by molar-refractivity contribution is 6.05. The Labute approximate surface area is 190 Å². The number of anilines is 1. The molecule has 0 aliphatic carbocycles. The van der Waals surface area contributed by atoms with Gasteiger partial charge in [-0.05, 0) is 76.1 Å². The van der Waals surface area contributed by atoms with Crippen LogP contribution in [0.3, 0.4) is 0 Å². The third-order valence-corrected chi connectivity index (χ3v) is 5.05. The van der Waals surface area contributed by atoms with E-state index in [1.54, 1.807) is 0 Å². The van der Waals surface area contributed by atoms with Crippen molar-refractivity contribution in [2.75, 3.05) is 5.32 Å². The lowest BCUT2D eigenvalue weighted by atomic mass is 10.1. The number of aromatic nitrogens is 1. The smallest absolute Gasteiger partial charge is 0.257 e. The van der Waals surface area contributed by atoms with Crippen LogP contribution in [0.25, 0.3) is 0 Å². The van der Waals surface area contributed by atoms with Crippen LogP contribution >= 0.6 is 0 Å². The van der Waals surface area contributed by atoms with E-state index in [4.69, 9.17) is 9.47 Å². The average molecular weight is 433 g/mol. The van der Waals surface area contributed by atoms with Gasteiger partial charge < -0.3 is 14.8 Å². The van der Waals surface area contributed by atoms with Crippen molar-refractivity contribution in [1.82, 2.24) is 4.98 Å². The second-order valence-corrected chi connectivity index (χ2v) is 8.22.